The second kappa shape index (κ2) is 7.41. The van der Waals surface area contributed by atoms with Crippen molar-refractivity contribution in [2.75, 3.05) is 7.11 Å². The first-order chi connectivity index (χ1) is 12.0. The first-order valence-electron chi connectivity index (χ1n) is 7.67. The average Bonchev–Trinajstić information content (AvgIpc) is 3.22. The van der Waals surface area contributed by atoms with Gasteiger partial charge in [0.2, 0.25) is 0 Å². The van der Waals surface area contributed by atoms with Gasteiger partial charge in [0.1, 0.15) is 5.69 Å². The number of benzene rings is 1. The van der Waals surface area contributed by atoms with Crippen LogP contribution in [0.5, 0.6) is 0 Å². The molecule has 3 rings (SSSR count). The summed E-state index contributed by atoms with van der Waals surface area (Å²) < 4.78 is 7.35. The summed E-state index contributed by atoms with van der Waals surface area (Å²) in [5.74, 6) is -0.609. The van der Waals surface area contributed by atoms with E-state index < -0.39 is 6.04 Å². The Balaban J connectivity index is 1.93. The topological polar surface area (TPSA) is 60.3 Å². The van der Waals surface area contributed by atoms with E-state index in [1.807, 2.05) is 53.4 Å². The smallest absolute Gasteiger partial charge is 0.307 e. The maximum absolute atomic E-state index is 12.9. The molecule has 0 aliphatic rings. The molecule has 0 fully saturated rings. The van der Waals surface area contributed by atoms with E-state index in [1.54, 1.807) is 0 Å². The van der Waals surface area contributed by atoms with Gasteiger partial charge < -0.3 is 14.6 Å². The number of hydrogen-bond donors (Lipinski definition) is 1. The maximum atomic E-state index is 12.9. The van der Waals surface area contributed by atoms with E-state index in [0.29, 0.717) is 5.69 Å². The molecule has 130 valence electrons. The SMILES string of the molecule is COC(=O)CC(NC(=O)c1c(Br)c2ccccc2n1C)c1cccs1. The zero-order valence-electron chi connectivity index (χ0n) is 13.8. The number of halogens is 1. The van der Waals surface area contributed by atoms with E-state index >= 15 is 0 Å². The minimum atomic E-state index is -0.426. The molecule has 0 aliphatic heterocycles. The summed E-state index contributed by atoms with van der Waals surface area (Å²) in [5, 5.41) is 5.85. The molecule has 0 aliphatic carbocycles. The molecule has 1 amide bonds. The van der Waals surface area contributed by atoms with Gasteiger partial charge in [-0.05, 0) is 33.4 Å². The molecule has 5 nitrogen and oxygen atoms in total. The van der Waals surface area contributed by atoms with Crippen molar-refractivity contribution in [2.45, 2.75) is 12.5 Å². The van der Waals surface area contributed by atoms with Gasteiger partial charge in [-0.2, -0.15) is 0 Å². The highest BCUT2D eigenvalue weighted by atomic mass is 79.9. The van der Waals surface area contributed by atoms with Gasteiger partial charge in [-0.3, -0.25) is 9.59 Å². The Hall–Kier alpha value is -2.12. The molecule has 1 unspecified atom stereocenters. The van der Waals surface area contributed by atoms with Crippen LogP contribution in [0.1, 0.15) is 27.8 Å². The standard InChI is InChI=1S/C18H17BrN2O3S/c1-21-13-7-4-3-6-11(13)16(19)17(21)18(23)20-12(10-15(22)24-2)14-8-5-9-25-14/h3-9,12H,10H2,1-2H3,(H,20,23). The van der Waals surface area contributed by atoms with Gasteiger partial charge in [0.25, 0.3) is 5.91 Å². The van der Waals surface area contributed by atoms with Crippen molar-refractivity contribution in [1.82, 2.24) is 9.88 Å². The van der Waals surface area contributed by atoms with Crippen LogP contribution in [0.2, 0.25) is 0 Å². The van der Waals surface area contributed by atoms with E-state index in [4.69, 9.17) is 4.74 Å². The number of aromatic nitrogens is 1. The quantitative estimate of drug-likeness (QED) is 0.633. The second-order valence-electron chi connectivity index (χ2n) is 5.56. The molecular weight excluding hydrogens is 404 g/mol. The van der Waals surface area contributed by atoms with Crippen LogP contribution in [0.25, 0.3) is 10.9 Å². The van der Waals surface area contributed by atoms with Gasteiger partial charge >= 0.3 is 5.97 Å². The lowest BCUT2D eigenvalue weighted by Gasteiger charge is -2.17. The Kier molecular flexibility index (Phi) is 5.24. The van der Waals surface area contributed by atoms with Crippen LogP contribution in [-0.4, -0.2) is 23.6 Å². The molecule has 0 saturated heterocycles. The molecule has 2 heterocycles. The number of ether oxygens (including phenoxy) is 1. The van der Waals surface area contributed by atoms with Gasteiger partial charge in [-0.25, -0.2) is 0 Å². The van der Waals surface area contributed by atoms with E-state index in [0.717, 1.165) is 20.3 Å². The first-order valence-corrected chi connectivity index (χ1v) is 9.34. The van der Waals surface area contributed by atoms with Gasteiger partial charge in [-0.15, -0.1) is 11.3 Å². The van der Waals surface area contributed by atoms with E-state index in [1.165, 1.54) is 18.4 Å². The van der Waals surface area contributed by atoms with E-state index in [2.05, 4.69) is 21.2 Å². The molecular formula is C18H17BrN2O3S. The lowest BCUT2D eigenvalue weighted by molar-refractivity contribution is -0.141. The summed E-state index contributed by atoms with van der Waals surface area (Å²) in [6, 6.07) is 11.1. The number of nitrogens with zero attached hydrogens (tertiary/aromatic N) is 1. The van der Waals surface area contributed by atoms with Crippen LogP contribution in [0.3, 0.4) is 0 Å². The summed E-state index contributed by atoms with van der Waals surface area (Å²) in [5.41, 5.74) is 1.48. The number of carbonyl (C=O) groups excluding carboxylic acids is 2. The monoisotopic (exact) mass is 420 g/mol. The van der Waals surface area contributed by atoms with Crippen molar-refractivity contribution < 1.29 is 14.3 Å². The fourth-order valence-corrected chi connectivity index (χ4v) is 4.35. The van der Waals surface area contributed by atoms with Gasteiger partial charge in [0.05, 0.1) is 24.0 Å². The Morgan fingerprint density at radius 2 is 2.04 bits per heavy atom. The van der Waals surface area contributed by atoms with Gasteiger partial charge in [0, 0.05) is 22.8 Å². The van der Waals surface area contributed by atoms with Crippen LogP contribution < -0.4 is 5.32 Å². The molecule has 0 bridgehead atoms. The summed E-state index contributed by atoms with van der Waals surface area (Å²) in [6.45, 7) is 0. The number of methoxy groups -OCH3 is 1. The largest absolute Gasteiger partial charge is 0.469 e. The van der Waals surface area contributed by atoms with E-state index in [9.17, 15) is 9.59 Å². The minimum absolute atomic E-state index is 0.0876. The number of rotatable bonds is 5. The summed E-state index contributed by atoms with van der Waals surface area (Å²) in [6.07, 6.45) is 0.0876. The normalized spacial score (nSPS) is 12.1. The fraction of sp³-hybridized carbons (Fsp3) is 0.222. The molecule has 0 spiro atoms. The zero-order chi connectivity index (χ0) is 18.0. The van der Waals surface area contributed by atoms with Crippen molar-refractivity contribution in [2.24, 2.45) is 7.05 Å². The molecule has 7 heteroatoms. The average molecular weight is 421 g/mol. The number of para-hydroxylation sites is 1. The maximum Gasteiger partial charge on any atom is 0.307 e. The highest BCUT2D eigenvalue weighted by Crippen LogP contribution is 2.31. The van der Waals surface area contributed by atoms with Crippen molar-refractivity contribution in [3.05, 3.63) is 56.8 Å². The number of aryl methyl sites for hydroxylation is 1. The third-order valence-corrected chi connectivity index (χ3v) is 5.84. The molecule has 1 atom stereocenters. The highest BCUT2D eigenvalue weighted by molar-refractivity contribution is 9.10. The molecule has 1 aromatic carbocycles. The van der Waals surface area contributed by atoms with E-state index in [-0.39, 0.29) is 18.3 Å². The lowest BCUT2D eigenvalue weighted by Crippen LogP contribution is -2.31. The number of nitrogens with one attached hydrogen (secondary N) is 1. The predicted molar refractivity (Wildman–Crippen MR) is 102 cm³/mol. The highest BCUT2D eigenvalue weighted by Gasteiger charge is 2.24. The van der Waals surface area contributed by atoms with Crippen molar-refractivity contribution in [3.8, 4) is 0 Å². The minimum Gasteiger partial charge on any atom is -0.469 e. The number of fused-ring (bicyclic) bond motifs is 1. The van der Waals surface area contributed by atoms with Gasteiger partial charge in [-0.1, -0.05) is 24.3 Å². The molecule has 0 radical (unpaired) electrons. The molecule has 0 saturated carbocycles. The third kappa shape index (κ3) is 3.48. The van der Waals surface area contributed by atoms with Crippen LogP contribution in [-0.2, 0) is 16.6 Å². The summed E-state index contributed by atoms with van der Waals surface area (Å²) >= 11 is 5.03. The van der Waals surface area contributed by atoms with Crippen molar-refractivity contribution in [1.29, 1.82) is 0 Å². The Labute approximate surface area is 157 Å². The summed E-state index contributed by atoms with van der Waals surface area (Å²) in [7, 11) is 3.19. The lowest BCUT2D eigenvalue weighted by atomic mass is 10.1. The Morgan fingerprint density at radius 1 is 1.28 bits per heavy atom. The molecule has 3 aromatic rings. The Morgan fingerprint density at radius 3 is 2.68 bits per heavy atom. The van der Waals surface area contributed by atoms with Crippen molar-refractivity contribution in [3.63, 3.8) is 0 Å². The van der Waals surface area contributed by atoms with Gasteiger partial charge in [0.15, 0.2) is 0 Å². The van der Waals surface area contributed by atoms with Crippen LogP contribution in [0.4, 0.5) is 0 Å². The zero-order valence-corrected chi connectivity index (χ0v) is 16.2. The third-order valence-electron chi connectivity index (χ3n) is 4.05. The van der Waals surface area contributed by atoms with Crippen LogP contribution in [0, 0.1) is 0 Å². The van der Waals surface area contributed by atoms with Crippen LogP contribution >= 0.6 is 27.3 Å². The second-order valence-corrected chi connectivity index (χ2v) is 7.33. The predicted octanol–water partition coefficient (Wildman–Crippen LogP) is 4.04. The van der Waals surface area contributed by atoms with Crippen LogP contribution in [0.15, 0.2) is 46.3 Å². The summed E-state index contributed by atoms with van der Waals surface area (Å²) in [4.78, 5) is 25.6. The number of amides is 1. The molecule has 2 aromatic heterocycles. The molecule has 1 N–H and O–H groups in total. The number of esters is 1. The number of carbonyl (C=O) groups is 2. The molecule has 25 heavy (non-hydrogen) atoms. The number of thiophene rings is 1. The first kappa shape index (κ1) is 17.7. The number of hydrogen-bond acceptors (Lipinski definition) is 4. The fourth-order valence-electron chi connectivity index (χ4n) is 2.79. The Bertz CT molecular complexity index is 879. The van der Waals surface area contributed by atoms with Crippen molar-refractivity contribution >= 4 is 50.0 Å².